The van der Waals surface area contributed by atoms with E-state index >= 15 is 0 Å². The number of aryl methyl sites for hydroxylation is 1. The van der Waals surface area contributed by atoms with Crippen molar-refractivity contribution in [3.05, 3.63) is 47.7 Å². The van der Waals surface area contributed by atoms with E-state index in [1.54, 1.807) is 6.07 Å². The van der Waals surface area contributed by atoms with Gasteiger partial charge in [0.05, 0.1) is 0 Å². The quantitative estimate of drug-likeness (QED) is 0.925. The molecule has 1 fully saturated rings. The van der Waals surface area contributed by atoms with Crippen LogP contribution in [-0.4, -0.2) is 37.0 Å². The first-order valence-corrected chi connectivity index (χ1v) is 7.91. The number of hydrogen-bond donors (Lipinski definition) is 1. The molecule has 2 aromatic rings. The van der Waals surface area contributed by atoms with Crippen molar-refractivity contribution in [3.8, 4) is 11.3 Å². The molecule has 0 unspecified atom stereocenters. The van der Waals surface area contributed by atoms with Crippen LogP contribution in [0.25, 0.3) is 11.3 Å². The Morgan fingerprint density at radius 1 is 1.05 bits per heavy atom. The molecular weight excluding hydrogens is 276 g/mol. The number of carbonyl (C=O) groups is 1. The van der Waals surface area contributed by atoms with E-state index in [1.165, 1.54) is 5.56 Å². The summed E-state index contributed by atoms with van der Waals surface area (Å²) in [6, 6.07) is 11.7. The maximum absolute atomic E-state index is 12.3. The number of nitrogens with one attached hydrogen (secondary N) is 1. The van der Waals surface area contributed by atoms with Crippen molar-refractivity contribution in [1.29, 1.82) is 0 Å². The fourth-order valence-electron chi connectivity index (χ4n) is 2.35. The molecule has 1 aromatic carbocycles. The lowest BCUT2D eigenvalue weighted by atomic mass is 10.1. The van der Waals surface area contributed by atoms with Gasteiger partial charge in [-0.25, -0.2) is 0 Å². The van der Waals surface area contributed by atoms with Crippen LogP contribution in [0.15, 0.2) is 40.8 Å². The molecule has 0 radical (unpaired) electrons. The molecule has 0 atom stereocenters. The van der Waals surface area contributed by atoms with Crippen molar-refractivity contribution in [2.24, 2.45) is 0 Å². The minimum absolute atomic E-state index is 0.0233. The Bertz CT molecular complexity index is 596. The van der Waals surface area contributed by atoms with Crippen LogP contribution in [0.4, 0.5) is 0 Å². The summed E-state index contributed by atoms with van der Waals surface area (Å²) in [4.78, 5) is 14.1. The van der Waals surface area contributed by atoms with Crippen LogP contribution < -0.4 is 5.32 Å². The SMILES string of the molecule is CC.Cc1ccc(-c2ccc(C(=O)N3CCNCC3)o2)cc1. The third-order valence-electron chi connectivity index (χ3n) is 3.56. The number of amides is 1. The number of piperazine rings is 1. The summed E-state index contributed by atoms with van der Waals surface area (Å²) in [6.45, 7) is 9.21. The summed E-state index contributed by atoms with van der Waals surface area (Å²) in [7, 11) is 0. The van der Waals surface area contributed by atoms with E-state index in [2.05, 4.69) is 5.32 Å². The Balaban J connectivity index is 0.000000847. The maximum atomic E-state index is 12.3. The molecule has 1 amide bonds. The summed E-state index contributed by atoms with van der Waals surface area (Å²) >= 11 is 0. The maximum Gasteiger partial charge on any atom is 0.289 e. The lowest BCUT2D eigenvalue weighted by Crippen LogP contribution is -2.46. The van der Waals surface area contributed by atoms with Gasteiger partial charge in [-0.05, 0) is 19.1 Å². The molecule has 0 saturated carbocycles. The first-order chi connectivity index (χ1) is 10.7. The molecule has 1 aromatic heterocycles. The van der Waals surface area contributed by atoms with Crippen LogP contribution >= 0.6 is 0 Å². The third-order valence-corrected chi connectivity index (χ3v) is 3.56. The van der Waals surface area contributed by atoms with Gasteiger partial charge in [-0.1, -0.05) is 43.7 Å². The molecule has 2 heterocycles. The molecule has 1 saturated heterocycles. The zero-order valence-electron chi connectivity index (χ0n) is 13.6. The zero-order chi connectivity index (χ0) is 15.9. The Morgan fingerprint density at radius 2 is 1.68 bits per heavy atom. The zero-order valence-corrected chi connectivity index (χ0v) is 13.6. The van der Waals surface area contributed by atoms with Crippen molar-refractivity contribution < 1.29 is 9.21 Å². The summed E-state index contributed by atoms with van der Waals surface area (Å²) < 4.78 is 5.71. The Labute approximate surface area is 132 Å². The van der Waals surface area contributed by atoms with Gasteiger partial charge in [0.1, 0.15) is 5.76 Å². The Morgan fingerprint density at radius 3 is 2.32 bits per heavy atom. The van der Waals surface area contributed by atoms with Crippen molar-refractivity contribution >= 4 is 5.91 Å². The van der Waals surface area contributed by atoms with Gasteiger partial charge in [0.25, 0.3) is 5.91 Å². The topological polar surface area (TPSA) is 45.5 Å². The predicted molar refractivity (Wildman–Crippen MR) is 89.0 cm³/mol. The number of hydrogen-bond acceptors (Lipinski definition) is 3. The van der Waals surface area contributed by atoms with Gasteiger partial charge in [-0.3, -0.25) is 4.79 Å². The summed E-state index contributed by atoms with van der Waals surface area (Å²) in [5, 5.41) is 3.23. The van der Waals surface area contributed by atoms with Crippen molar-refractivity contribution in [2.75, 3.05) is 26.2 Å². The predicted octanol–water partition coefficient (Wildman–Crippen LogP) is 3.33. The standard InChI is InChI=1S/C16H18N2O2.C2H6/c1-12-2-4-13(5-3-12)14-6-7-15(20-14)16(19)18-10-8-17-9-11-18;1-2/h2-7,17H,8-11H2,1H3;1-2H3. The first-order valence-electron chi connectivity index (χ1n) is 7.91. The van der Waals surface area contributed by atoms with E-state index in [9.17, 15) is 4.79 Å². The van der Waals surface area contributed by atoms with Crippen LogP contribution in [0.3, 0.4) is 0 Å². The largest absolute Gasteiger partial charge is 0.451 e. The lowest BCUT2D eigenvalue weighted by Gasteiger charge is -2.26. The number of rotatable bonds is 2. The number of nitrogens with zero attached hydrogens (tertiary/aromatic N) is 1. The van der Waals surface area contributed by atoms with Gasteiger partial charge in [0.2, 0.25) is 0 Å². The minimum atomic E-state index is -0.0233. The van der Waals surface area contributed by atoms with Crippen LogP contribution in [0.5, 0.6) is 0 Å². The Hall–Kier alpha value is -2.07. The second-order valence-corrected chi connectivity index (χ2v) is 5.07. The smallest absolute Gasteiger partial charge is 0.289 e. The number of benzene rings is 1. The van der Waals surface area contributed by atoms with Crippen molar-refractivity contribution in [3.63, 3.8) is 0 Å². The van der Waals surface area contributed by atoms with E-state index in [1.807, 2.05) is 56.0 Å². The highest BCUT2D eigenvalue weighted by Crippen LogP contribution is 2.23. The molecule has 0 aliphatic carbocycles. The molecule has 3 rings (SSSR count). The molecule has 1 N–H and O–H groups in total. The molecule has 4 heteroatoms. The second-order valence-electron chi connectivity index (χ2n) is 5.07. The molecule has 0 bridgehead atoms. The highest BCUT2D eigenvalue weighted by Gasteiger charge is 2.21. The fourth-order valence-corrected chi connectivity index (χ4v) is 2.35. The molecule has 4 nitrogen and oxygen atoms in total. The van der Waals surface area contributed by atoms with E-state index in [0.29, 0.717) is 5.76 Å². The van der Waals surface area contributed by atoms with Crippen LogP contribution in [-0.2, 0) is 0 Å². The van der Waals surface area contributed by atoms with Gasteiger partial charge in [-0.2, -0.15) is 0 Å². The van der Waals surface area contributed by atoms with Gasteiger partial charge >= 0.3 is 0 Å². The lowest BCUT2D eigenvalue weighted by molar-refractivity contribution is 0.0704. The highest BCUT2D eigenvalue weighted by molar-refractivity contribution is 5.92. The van der Waals surface area contributed by atoms with Crippen LogP contribution in [0.1, 0.15) is 30.0 Å². The molecule has 118 valence electrons. The average molecular weight is 300 g/mol. The molecular formula is C18H24N2O2. The van der Waals surface area contributed by atoms with E-state index in [-0.39, 0.29) is 5.91 Å². The second kappa shape index (κ2) is 7.80. The van der Waals surface area contributed by atoms with E-state index in [0.717, 1.165) is 37.5 Å². The fraction of sp³-hybridized carbons (Fsp3) is 0.389. The summed E-state index contributed by atoms with van der Waals surface area (Å²) in [5.74, 6) is 1.14. The van der Waals surface area contributed by atoms with Gasteiger partial charge < -0.3 is 14.6 Å². The number of furan rings is 1. The van der Waals surface area contributed by atoms with Gasteiger partial charge in [0.15, 0.2) is 5.76 Å². The minimum Gasteiger partial charge on any atom is -0.451 e. The van der Waals surface area contributed by atoms with Crippen LogP contribution in [0, 0.1) is 6.92 Å². The van der Waals surface area contributed by atoms with Crippen molar-refractivity contribution in [1.82, 2.24) is 10.2 Å². The Kier molecular flexibility index (Phi) is 5.78. The average Bonchev–Trinajstić information content (AvgIpc) is 3.07. The van der Waals surface area contributed by atoms with Crippen molar-refractivity contribution in [2.45, 2.75) is 20.8 Å². The normalized spacial score (nSPS) is 14.2. The summed E-state index contributed by atoms with van der Waals surface area (Å²) in [5.41, 5.74) is 2.20. The van der Waals surface area contributed by atoms with E-state index in [4.69, 9.17) is 4.42 Å². The monoisotopic (exact) mass is 300 g/mol. The third kappa shape index (κ3) is 3.77. The number of carbonyl (C=O) groups excluding carboxylic acids is 1. The molecule has 1 aliphatic rings. The molecule has 0 spiro atoms. The van der Waals surface area contributed by atoms with Crippen LogP contribution in [0.2, 0.25) is 0 Å². The first kappa shape index (κ1) is 16.3. The highest BCUT2D eigenvalue weighted by atomic mass is 16.4. The van der Waals surface area contributed by atoms with E-state index < -0.39 is 0 Å². The molecule has 1 aliphatic heterocycles. The molecule has 22 heavy (non-hydrogen) atoms. The van der Waals surface area contributed by atoms with Gasteiger partial charge in [0, 0.05) is 31.7 Å². The summed E-state index contributed by atoms with van der Waals surface area (Å²) in [6.07, 6.45) is 0. The van der Waals surface area contributed by atoms with Gasteiger partial charge in [-0.15, -0.1) is 0 Å².